The van der Waals surface area contributed by atoms with Crippen molar-refractivity contribution in [2.75, 3.05) is 19.3 Å². The summed E-state index contributed by atoms with van der Waals surface area (Å²) >= 11 is 0. The van der Waals surface area contributed by atoms with Crippen LogP contribution < -0.4 is 11.1 Å². The van der Waals surface area contributed by atoms with E-state index in [1.54, 1.807) is 31.0 Å². The van der Waals surface area contributed by atoms with Gasteiger partial charge in [0.15, 0.2) is 0 Å². The molecule has 0 fully saturated rings. The van der Waals surface area contributed by atoms with E-state index >= 15 is 0 Å². The van der Waals surface area contributed by atoms with E-state index in [2.05, 4.69) is 5.32 Å². The molecule has 1 unspecified atom stereocenters. The van der Waals surface area contributed by atoms with Gasteiger partial charge in [0.05, 0.1) is 6.42 Å². The van der Waals surface area contributed by atoms with E-state index in [-0.39, 0.29) is 18.2 Å². The average molecular weight is 263 g/mol. The van der Waals surface area contributed by atoms with Crippen LogP contribution >= 0.6 is 0 Å². The van der Waals surface area contributed by atoms with Crippen LogP contribution in [0, 0.1) is 0 Å². The Kier molecular flexibility index (Phi) is 5.36. The summed E-state index contributed by atoms with van der Waals surface area (Å²) < 4.78 is 0. The van der Waals surface area contributed by atoms with E-state index in [0.29, 0.717) is 12.2 Å². The van der Waals surface area contributed by atoms with Crippen LogP contribution in [-0.2, 0) is 16.0 Å². The predicted molar refractivity (Wildman–Crippen MR) is 75.5 cm³/mol. The van der Waals surface area contributed by atoms with E-state index in [0.717, 1.165) is 5.56 Å². The Morgan fingerprint density at radius 2 is 2.00 bits per heavy atom. The third-order valence-electron chi connectivity index (χ3n) is 3.00. The van der Waals surface area contributed by atoms with Crippen LogP contribution in [0.2, 0.25) is 0 Å². The number of amides is 2. The highest BCUT2D eigenvalue weighted by Gasteiger charge is 2.18. The number of carbonyl (C=O) groups excluding carboxylic acids is 2. The predicted octanol–water partition coefficient (Wildman–Crippen LogP) is 0.794. The Hall–Kier alpha value is -2.04. The smallest absolute Gasteiger partial charge is 0.244 e. The fourth-order valence-electron chi connectivity index (χ4n) is 1.71. The van der Waals surface area contributed by atoms with Crippen LogP contribution in [0.1, 0.15) is 19.4 Å². The van der Waals surface area contributed by atoms with Gasteiger partial charge in [-0.3, -0.25) is 9.59 Å². The molecule has 19 heavy (non-hydrogen) atoms. The van der Waals surface area contributed by atoms with E-state index in [1.165, 1.54) is 0 Å². The standard InChI is InChI=1S/C14H21N3O2/c1-4-17(3)14(19)10(2)16-13(18)9-11-7-5-6-8-12(11)15/h5-8,10H,4,9,15H2,1-3H3,(H,16,18). The molecule has 0 spiro atoms. The highest BCUT2D eigenvalue weighted by molar-refractivity contribution is 5.88. The average Bonchev–Trinajstić information content (AvgIpc) is 2.39. The number of benzene rings is 1. The molecular weight excluding hydrogens is 242 g/mol. The largest absolute Gasteiger partial charge is 0.398 e. The Balaban J connectivity index is 2.56. The summed E-state index contributed by atoms with van der Waals surface area (Å²) in [6, 6.07) is 6.68. The normalized spacial score (nSPS) is 11.7. The number of anilines is 1. The molecule has 2 amide bonds. The quantitative estimate of drug-likeness (QED) is 0.771. The summed E-state index contributed by atoms with van der Waals surface area (Å²) in [7, 11) is 1.71. The summed E-state index contributed by atoms with van der Waals surface area (Å²) in [6.07, 6.45) is 0.181. The number of hydrogen-bond acceptors (Lipinski definition) is 3. The third kappa shape index (κ3) is 4.28. The number of nitrogens with one attached hydrogen (secondary N) is 1. The zero-order chi connectivity index (χ0) is 14.4. The van der Waals surface area contributed by atoms with Crippen molar-refractivity contribution < 1.29 is 9.59 Å². The minimum Gasteiger partial charge on any atom is -0.398 e. The SMILES string of the molecule is CCN(C)C(=O)C(C)NC(=O)Cc1ccccc1N. The van der Waals surface area contributed by atoms with Gasteiger partial charge in [-0.15, -0.1) is 0 Å². The van der Waals surface area contributed by atoms with Crippen LogP contribution in [0.4, 0.5) is 5.69 Å². The summed E-state index contributed by atoms with van der Waals surface area (Å²) in [5, 5.41) is 2.68. The number of hydrogen-bond donors (Lipinski definition) is 2. The molecule has 0 radical (unpaired) electrons. The van der Waals surface area contributed by atoms with E-state index in [1.807, 2.05) is 19.1 Å². The maximum absolute atomic E-state index is 11.9. The first-order valence-electron chi connectivity index (χ1n) is 6.33. The molecule has 0 bridgehead atoms. The number of nitrogens with two attached hydrogens (primary N) is 1. The van der Waals surface area contributed by atoms with Gasteiger partial charge in [0.2, 0.25) is 11.8 Å². The van der Waals surface area contributed by atoms with Gasteiger partial charge < -0.3 is 16.0 Å². The molecule has 3 N–H and O–H groups in total. The Morgan fingerprint density at radius 1 is 1.37 bits per heavy atom. The zero-order valence-corrected chi connectivity index (χ0v) is 11.6. The second-order valence-electron chi connectivity index (χ2n) is 4.52. The van der Waals surface area contributed by atoms with Gasteiger partial charge in [-0.25, -0.2) is 0 Å². The van der Waals surface area contributed by atoms with Crippen molar-refractivity contribution in [3.05, 3.63) is 29.8 Å². The van der Waals surface area contributed by atoms with Crippen LogP contribution in [-0.4, -0.2) is 36.3 Å². The summed E-state index contributed by atoms with van der Waals surface area (Å²) in [4.78, 5) is 25.2. The molecule has 0 aliphatic rings. The number of rotatable bonds is 5. The van der Waals surface area contributed by atoms with Crippen molar-refractivity contribution >= 4 is 17.5 Å². The molecule has 104 valence electrons. The first-order chi connectivity index (χ1) is 8.95. The topological polar surface area (TPSA) is 75.4 Å². The fraction of sp³-hybridized carbons (Fsp3) is 0.429. The van der Waals surface area contributed by atoms with E-state index < -0.39 is 6.04 Å². The lowest BCUT2D eigenvalue weighted by Crippen LogP contribution is -2.45. The molecule has 0 saturated carbocycles. The molecule has 1 aromatic rings. The lowest BCUT2D eigenvalue weighted by molar-refractivity contribution is -0.134. The van der Waals surface area contributed by atoms with E-state index in [4.69, 9.17) is 5.73 Å². The van der Waals surface area contributed by atoms with Gasteiger partial charge in [-0.2, -0.15) is 0 Å². The first kappa shape index (κ1) is 15.0. The van der Waals surface area contributed by atoms with Crippen LogP contribution in [0.15, 0.2) is 24.3 Å². The number of nitrogens with zero attached hydrogens (tertiary/aromatic N) is 1. The molecule has 5 heteroatoms. The Bertz CT molecular complexity index is 460. The molecule has 0 heterocycles. The molecule has 0 aliphatic heterocycles. The van der Waals surface area contributed by atoms with Crippen LogP contribution in [0.3, 0.4) is 0 Å². The molecule has 0 aromatic heterocycles. The van der Waals surface area contributed by atoms with Crippen LogP contribution in [0.25, 0.3) is 0 Å². The van der Waals surface area contributed by atoms with E-state index in [9.17, 15) is 9.59 Å². The molecular formula is C14H21N3O2. The van der Waals surface area contributed by atoms with Crippen molar-refractivity contribution in [2.45, 2.75) is 26.3 Å². The van der Waals surface area contributed by atoms with Crippen molar-refractivity contribution in [3.63, 3.8) is 0 Å². The Labute approximate surface area is 113 Å². The maximum atomic E-state index is 11.9. The number of likely N-dealkylation sites (N-methyl/N-ethyl adjacent to an activating group) is 1. The van der Waals surface area contributed by atoms with Gasteiger partial charge in [-0.1, -0.05) is 18.2 Å². The highest BCUT2D eigenvalue weighted by Crippen LogP contribution is 2.10. The summed E-state index contributed by atoms with van der Waals surface area (Å²) in [6.45, 7) is 4.18. The molecule has 5 nitrogen and oxygen atoms in total. The molecule has 1 aromatic carbocycles. The molecule has 1 atom stereocenters. The van der Waals surface area contributed by atoms with Gasteiger partial charge in [0.1, 0.15) is 6.04 Å². The number of para-hydroxylation sites is 1. The van der Waals surface area contributed by atoms with Crippen molar-refractivity contribution in [1.29, 1.82) is 0 Å². The van der Waals surface area contributed by atoms with Crippen LogP contribution in [0.5, 0.6) is 0 Å². The maximum Gasteiger partial charge on any atom is 0.244 e. The van der Waals surface area contributed by atoms with Gasteiger partial charge in [-0.05, 0) is 25.5 Å². The van der Waals surface area contributed by atoms with Crippen molar-refractivity contribution in [1.82, 2.24) is 10.2 Å². The minimum atomic E-state index is -0.526. The summed E-state index contributed by atoms with van der Waals surface area (Å²) in [5.74, 6) is -0.305. The monoisotopic (exact) mass is 263 g/mol. The first-order valence-corrected chi connectivity index (χ1v) is 6.33. The summed E-state index contributed by atoms with van der Waals surface area (Å²) in [5.41, 5.74) is 7.13. The molecule has 0 aliphatic carbocycles. The molecule has 1 rings (SSSR count). The number of carbonyl (C=O) groups is 2. The lowest BCUT2D eigenvalue weighted by atomic mass is 10.1. The zero-order valence-electron chi connectivity index (χ0n) is 11.6. The minimum absolute atomic E-state index is 0.100. The van der Waals surface area contributed by atoms with Gasteiger partial charge in [0, 0.05) is 19.3 Å². The lowest BCUT2D eigenvalue weighted by Gasteiger charge is -2.20. The Morgan fingerprint density at radius 3 is 2.58 bits per heavy atom. The fourth-order valence-corrected chi connectivity index (χ4v) is 1.71. The van der Waals surface area contributed by atoms with Crippen molar-refractivity contribution in [3.8, 4) is 0 Å². The van der Waals surface area contributed by atoms with Crippen molar-refractivity contribution in [2.24, 2.45) is 0 Å². The number of nitrogen functional groups attached to an aromatic ring is 1. The second kappa shape index (κ2) is 6.78. The molecule has 0 saturated heterocycles. The van der Waals surface area contributed by atoms with Gasteiger partial charge >= 0.3 is 0 Å². The van der Waals surface area contributed by atoms with Gasteiger partial charge in [0.25, 0.3) is 0 Å². The second-order valence-corrected chi connectivity index (χ2v) is 4.52. The highest BCUT2D eigenvalue weighted by atomic mass is 16.2. The third-order valence-corrected chi connectivity index (χ3v) is 3.00.